The van der Waals surface area contributed by atoms with E-state index in [1.54, 1.807) is 48.5 Å². The fraction of sp³-hybridized carbons (Fsp3) is 0.222. The molecule has 6 nitrogen and oxygen atoms in total. The summed E-state index contributed by atoms with van der Waals surface area (Å²) in [6.07, 6.45) is -0.330. The Morgan fingerprint density at radius 2 is 1.71 bits per heavy atom. The number of carbonyl (C=O) groups excluding carboxylic acids is 2. The number of nitrogens with one attached hydrogen (secondary N) is 1. The van der Waals surface area contributed by atoms with Crippen LogP contribution in [0.5, 0.6) is 11.5 Å². The van der Waals surface area contributed by atoms with Gasteiger partial charge in [-0.15, -0.1) is 0 Å². The van der Waals surface area contributed by atoms with Gasteiger partial charge in [-0.25, -0.2) is 0 Å². The zero-order valence-electron chi connectivity index (χ0n) is 13.2. The summed E-state index contributed by atoms with van der Waals surface area (Å²) in [5.74, 6) is -0.459. The first-order valence-electron chi connectivity index (χ1n) is 7.39. The summed E-state index contributed by atoms with van der Waals surface area (Å²) < 4.78 is 10.4. The topological polar surface area (TPSA) is 87.7 Å². The first kappa shape index (κ1) is 17.3. The average Bonchev–Trinajstić information content (AvgIpc) is 2.60. The van der Waals surface area contributed by atoms with Crippen molar-refractivity contribution in [1.82, 2.24) is 5.32 Å². The molecule has 1 amide bonds. The van der Waals surface area contributed by atoms with Crippen molar-refractivity contribution in [3.8, 4) is 11.5 Å². The molecule has 1 atom stereocenters. The van der Waals surface area contributed by atoms with Crippen molar-refractivity contribution >= 4 is 11.9 Å². The summed E-state index contributed by atoms with van der Waals surface area (Å²) in [5, 5.41) is 13.6. The van der Waals surface area contributed by atoms with Gasteiger partial charge in [-0.2, -0.15) is 0 Å². The first-order chi connectivity index (χ1) is 11.6. The molecule has 0 aliphatic heterocycles. The summed E-state index contributed by atoms with van der Waals surface area (Å²) >= 11 is 0. The van der Waals surface area contributed by atoms with Gasteiger partial charge in [0.15, 0.2) is 6.61 Å². The average molecular weight is 328 g/mol. The molecule has 0 bridgehead atoms. The summed E-state index contributed by atoms with van der Waals surface area (Å²) in [6, 6.07) is 15.0. The van der Waals surface area contributed by atoms with Crippen LogP contribution < -0.4 is 19.9 Å². The number of carbonyl (C=O) groups is 2. The van der Waals surface area contributed by atoms with Crippen molar-refractivity contribution in [3.63, 3.8) is 0 Å². The van der Waals surface area contributed by atoms with E-state index in [2.05, 4.69) is 5.32 Å². The normalized spacial score (nSPS) is 11.4. The number of hydrogen-bond donors (Lipinski definition) is 1. The molecule has 24 heavy (non-hydrogen) atoms. The van der Waals surface area contributed by atoms with Gasteiger partial charge >= 0.3 is 0 Å². The van der Waals surface area contributed by atoms with Crippen LogP contribution in [0.25, 0.3) is 0 Å². The van der Waals surface area contributed by atoms with Crippen molar-refractivity contribution in [2.45, 2.75) is 12.5 Å². The van der Waals surface area contributed by atoms with Crippen molar-refractivity contribution in [2.75, 3.05) is 13.7 Å². The van der Waals surface area contributed by atoms with Crippen LogP contribution in [0.15, 0.2) is 54.6 Å². The molecule has 0 aromatic heterocycles. The van der Waals surface area contributed by atoms with Crippen LogP contribution in [-0.2, 0) is 9.59 Å². The number of carboxylic acid groups (broad SMARTS) is 1. The number of hydrogen-bond acceptors (Lipinski definition) is 5. The van der Waals surface area contributed by atoms with Gasteiger partial charge in [-0.05, 0) is 29.8 Å². The number of amides is 1. The Morgan fingerprint density at radius 3 is 2.29 bits per heavy atom. The summed E-state index contributed by atoms with van der Waals surface area (Å²) in [4.78, 5) is 23.0. The molecule has 0 spiro atoms. The van der Waals surface area contributed by atoms with Crippen LogP contribution in [0.4, 0.5) is 0 Å². The fourth-order valence-corrected chi connectivity index (χ4v) is 2.16. The van der Waals surface area contributed by atoms with E-state index >= 15 is 0 Å². The second-order valence-electron chi connectivity index (χ2n) is 5.07. The largest absolute Gasteiger partial charge is 0.550 e. The van der Waals surface area contributed by atoms with Crippen molar-refractivity contribution in [3.05, 3.63) is 60.2 Å². The lowest BCUT2D eigenvalue weighted by Crippen LogP contribution is -2.36. The SMILES string of the molecule is COc1ccc(C(CC(=O)[O-])NC(=O)COc2ccccc2)cc1. The smallest absolute Gasteiger partial charge is 0.258 e. The van der Waals surface area contributed by atoms with E-state index in [0.717, 1.165) is 0 Å². The molecule has 0 saturated heterocycles. The molecule has 1 N–H and O–H groups in total. The Labute approximate surface area is 140 Å². The third-order valence-corrected chi connectivity index (χ3v) is 3.34. The molecule has 2 aromatic carbocycles. The Kier molecular flexibility index (Phi) is 6.19. The van der Waals surface area contributed by atoms with Gasteiger partial charge in [-0.3, -0.25) is 4.79 Å². The summed E-state index contributed by atoms with van der Waals surface area (Å²) in [7, 11) is 1.54. The van der Waals surface area contributed by atoms with Gasteiger partial charge in [-0.1, -0.05) is 30.3 Å². The van der Waals surface area contributed by atoms with Gasteiger partial charge in [0.2, 0.25) is 0 Å². The second-order valence-corrected chi connectivity index (χ2v) is 5.07. The molecule has 6 heteroatoms. The minimum absolute atomic E-state index is 0.205. The standard InChI is InChI=1S/C18H19NO5/c1-23-14-9-7-13(8-10-14)16(11-18(21)22)19-17(20)12-24-15-5-3-2-4-6-15/h2-10,16H,11-12H2,1H3,(H,19,20)(H,21,22)/p-1. The molecule has 126 valence electrons. The highest BCUT2D eigenvalue weighted by Gasteiger charge is 2.15. The molecule has 0 radical (unpaired) electrons. The van der Waals surface area contributed by atoms with Gasteiger partial charge in [0.1, 0.15) is 11.5 Å². The van der Waals surface area contributed by atoms with Crippen molar-refractivity contribution < 1.29 is 24.2 Å². The summed E-state index contributed by atoms with van der Waals surface area (Å²) in [5.41, 5.74) is 0.646. The number of rotatable bonds is 8. The molecule has 2 rings (SSSR count). The molecular weight excluding hydrogens is 310 g/mol. The molecule has 2 aromatic rings. The van der Waals surface area contributed by atoms with E-state index in [1.165, 1.54) is 7.11 Å². The summed E-state index contributed by atoms with van der Waals surface area (Å²) in [6.45, 7) is -0.205. The lowest BCUT2D eigenvalue weighted by molar-refractivity contribution is -0.306. The van der Waals surface area contributed by atoms with E-state index < -0.39 is 17.9 Å². The quantitative estimate of drug-likeness (QED) is 0.783. The van der Waals surface area contributed by atoms with E-state index in [1.807, 2.05) is 6.07 Å². The van der Waals surface area contributed by atoms with Gasteiger partial charge in [0.25, 0.3) is 5.91 Å². The van der Waals surface area contributed by atoms with Crippen LogP contribution in [0, 0.1) is 0 Å². The molecule has 0 saturated carbocycles. The molecular formula is C18H18NO5-. The Hall–Kier alpha value is -3.02. The Bertz CT molecular complexity index is 670. The maximum atomic E-state index is 12.0. The van der Waals surface area contributed by atoms with E-state index in [0.29, 0.717) is 17.1 Å². The number of ether oxygens (including phenoxy) is 2. The predicted molar refractivity (Wildman–Crippen MR) is 85.4 cm³/mol. The highest BCUT2D eigenvalue weighted by molar-refractivity contribution is 5.79. The Morgan fingerprint density at radius 1 is 1.04 bits per heavy atom. The van der Waals surface area contributed by atoms with Crippen LogP contribution >= 0.6 is 0 Å². The van der Waals surface area contributed by atoms with Crippen molar-refractivity contribution in [1.29, 1.82) is 0 Å². The number of methoxy groups -OCH3 is 1. The number of carboxylic acids is 1. The maximum Gasteiger partial charge on any atom is 0.258 e. The minimum atomic E-state index is -1.25. The molecule has 0 fully saturated rings. The maximum absolute atomic E-state index is 12.0. The lowest BCUT2D eigenvalue weighted by Gasteiger charge is -2.20. The number of para-hydroxylation sites is 1. The zero-order chi connectivity index (χ0) is 17.4. The van der Waals surface area contributed by atoms with Gasteiger partial charge in [0.05, 0.1) is 13.2 Å². The number of benzene rings is 2. The monoisotopic (exact) mass is 328 g/mol. The third-order valence-electron chi connectivity index (χ3n) is 3.34. The number of aliphatic carboxylic acids is 1. The van der Waals surface area contributed by atoms with Crippen LogP contribution in [0.1, 0.15) is 18.0 Å². The predicted octanol–water partition coefficient (Wildman–Crippen LogP) is 1.07. The molecule has 0 aliphatic rings. The highest BCUT2D eigenvalue weighted by atomic mass is 16.5. The van der Waals surface area contributed by atoms with E-state index in [4.69, 9.17) is 9.47 Å². The van der Waals surface area contributed by atoms with E-state index in [9.17, 15) is 14.7 Å². The van der Waals surface area contributed by atoms with Gasteiger partial charge in [0, 0.05) is 12.4 Å². The first-order valence-corrected chi connectivity index (χ1v) is 7.39. The zero-order valence-corrected chi connectivity index (χ0v) is 13.2. The minimum Gasteiger partial charge on any atom is -0.550 e. The van der Waals surface area contributed by atoms with E-state index in [-0.39, 0.29) is 13.0 Å². The Balaban J connectivity index is 1.99. The lowest BCUT2D eigenvalue weighted by atomic mass is 10.0. The highest BCUT2D eigenvalue weighted by Crippen LogP contribution is 2.20. The van der Waals surface area contributed by atoms with Crippen LogP contribution in [-0.4, -0.2) is 25.6 Å². The second kappa shape index (κ2) is 8.57. The third kappa shape index (κ3) is 5.31. The van der Waals surface area contributed by atoms with Crippen LogP contribution in [0.2, 0.25) is 0 Å². The molecule has 0 aliphatic carbocycles. The molecule has 0 heterocycles. The van der Waals surface area contributed by atoms with Crippen molar-refractivity contribution in [2.24, 2.45) is 0 Å². The van der Waals surface area contributed by atoms with Gasteiger partial charge < -0.3 is 24.7 Å². The van der Waals surface area contributed by atoms with Crippen LogP contribution in [0.3, 0.4) is 0 Å². The fourth-order valence-electron chi connectivity index (χ4n) is 2.16. The molecule has 1 unspecified atom stereocenters.